The van der Waals surface area contributed by atoms with Gasteiger partial charge in [-0.15, -0.1) is 0 Å². The van der Waals surface area contributed by atoms with Crippen LogP contribution in [-0.2, 0) is 0 Å². The summed E-state index contributed by atoms with van der Waals surface area (Å²) in [4.78, 5) is 8.94. The molecule has 0 spiro atoms. The van der Waals surface area contributed by atoms with E-state index < -0.39 is 0 Å². The van der Waals surface area contributed by atoms with Crippen molar-refractivity contribution >= 4 is 5.65 Å². The second-order valence-corrected chi connectivity index (χ2v) is 6.04. The maximum absolute atomic E-state index is 5.49. The molecule has 0 radical (unpaired) electrons. The van der Waals surface area contributed by atoms with Gasteiger partial charge in [0.05, 0.1) is 11.3 Å². The molecule has 0 aliphatic heterocycles. The van der Waals surface area contributed by atoms with E-state index in [-0.39, 0.29) is 0 Å². The fourth-order valence-electron chi connectivity index (χ4n) is 3.19. The quantitative estimate of drug-likeness (QED) is 0.494. The first-order valence-corrected chi connectivity index (χ1v) is 8.30. The fourth-order valence-corrected chi connectivity index (χ4v) is 3.19. The lowest BCUT2D eigenvalue weighted by atomic mass is 10.0. The first kappa shape index (κ1) is 14.7. The number of pyridine rings is 1. The van der Waals surface area contributed by atoms with E-state index in [0.29, 0.717) is 0 Å². The summed E-state index contributed by atoms with van der Waals surface area (Å²) in [6.45, 7) is 1.91. The lowest BCUT2D eigenvalue weighted by Gasteiger charge is -2.04. The first-order valence-electron chi connectivity index (χ1n) is 8.30. The summed E-state index contributed by atoms with van der Waals surface area (Å²) in [5, 5.41) is 4.27. The van der Waals surface area contributed by atoms with E-state index in [9.17, 15) is 0 Å². The number of aromatic nitrogens is 5. The number of hydrogen-bond acceptors (Lipinski definition) is 4. The van der Waals surface area contributed by atoms with Crippen LogP contribution in [0.25, 0.3) is 34.0 Å². The zero-order chi connectivity index (χ0) is 17.5. The molecule has 0 aliphatic rings. The zero-order valence-electron chi connectivity index (χ0n) is 14.1. The van der Waals surface area contributed by atoms with E-state index in [2.05, 4.69) is 10.1 Å². The van der Waals surface area contributed by atoms with Crippen LogP contribution in [0.4, 0.5) is 0 Å². The summed E-state index contributed by atoms with van der Waals surface area (Å²) in [5.41, 5.74) is 4.40. The van der Waals surface area contributed by atoms with Crippen LogP contribution in [0.2, 0.25) is 0 Å². The van der Waals surface area contributed by atoms with Crippen molar-refractivity contribution in [2.75, 3.05) is 0 Å². The van der Waals surface area contributed by atoms with Crippen molar-refractivity contribution in [2.45, 2.75) is 6.92 Å². The molecule has 6 nitrogen and oxygen atoms in total. The molecule has 5 rings (SSSR count). The predicted molar refractivity (Wildman–Crippen MR) is 98.0 cm³/mol. The minimum absolute atomic E-state index is 0.747. The minimum Gasteiger partial charge on any atom is -0.360 e. The molecule has 4 heterocycles. The van der Waals surface area contributed by atoms with E-state index in [4.69, 9.17) is 9.51 Å². The lowest BCUT2D eigenvalue weighted by molar-refractivity contribution is 0.400. The highest BCUT2D eigenvalue weighted by Crippen LogP contribution is 2.34. The molecule has 6 heteroatoms. The van der Waals surface area contributed by atoms with Gasteiger partial charge in [-0.05, 0) is 19.1 Å². The summed E-state index contributed by atoms with van der Waals surface area (Å²) in [6.07, 6.45) is 7.45. The largest absolute Gasteiger partial charge is 0.360 e. The predicted octanol–water partition coefficient (Wildman–Crippen LogP) is 4.15. The van der Waals surface area contributed by atoms with Gasteiger partial charge in [0.1, 0.15) is 29.2 Å². The Morgan fingerprint density at radius 3 is 2.69 bits per heavy atom. The Morgan fingerprint density at radius 2 is 1.88 bits per heavy atom. The van der Waals surface area contributed by atoms with Crippen LogP contribution < -0.4 is 0 Å². The second-order valence-electron chi connectivity index (χ2n) is 6.04. The SMILES string of the molecule is Cc1onc(-c2ccccc2)c1-c1cn2c(-n3ccnc3)cccc2n1. The number of benzene rings is 1. The molecule has 0 N–H and O–H groups in total. The molecular weight excluding hydrogens is 326 g/mol. The van der Waals surface area contributed by atoms with E-state index >= 15 is 0 Å². The van der Waals surface area contributed by atoms with Crippen molar-refractivity contribution in [1.29, 1.82) is 0 Å². The van der Waals surface area contributed by atoms with Crippen molar-refractivity contribution in [3.63, 3.8) is 0 Å². The van der Waals surface area contributed by atoms with Gasteiger partial charge in [0.2, 0.25) is 0 Å². The third-order valence-electron chi connectivity index (χ3n) is 4.41. The topological polar surface area (TPSA) is 61.2 Å². The zero-order valence-corrected chi connectivity index (χ0v) is 14.1. The molecule has 126 valence electrons. The lowest BCUT2D eigenvalue weighted by Crippen LogP contribution is -1.98. The molecule has 1 aromatic carbocycles. The average Bonchev–Trinajstić information content (AvgIpc) is 3.41. The van der Waals surface area contributed by atoms with Crippen molar-refractivity contribution in [1.82, 2.24) is 24.1 Å². The van der Waals surface area contributed by atoms with E-state index in [0.717, 1.165) is 39.7 Å². The highest BCUT2D eigenvalue weighted by atomic mass is 16.5. The smallest absolute Gasteiger partial charge is 0.143 e. The third kappa shape index (κ3) is 2.23. The summed E-state index contributed by atoms with van der Waals surface area (Å²) < 4.78 is 9.48. The molecule has 0 unspecified atom stereocenters. The Balaban J connectivity index is 1.72. The third-order valence-corrected chi connectivity index (χ3v) is 4.41. The van der Waals surface area contributed by atoms with Crippen molar-refractivity contribution < 1.29 is 4.52 Å². The van der Waals surface area contributed by atoms with Crippen molar-refractivity contribution in [3.8, 4) is 28.3 Å². The number of nitrogens with zero attached hydrogens (tertiary/aromatic N) is 5. The van der Waals surface area contributed by atoms with Crippen LogP contribution in [0.15, 0.2) is 78.0 Å². The summed E-state index contributed by atoms with van der Waals surface area (Å²) in [6, 6.07) is 16.0. The Kier molecular flexibility index (Phi) is 3.21. The van der Waals surface area contributed by atoms with Crippen molar-refractivity contribution in [2.24, 2.45) is 0 Å². The Hall–Kier alpha value is -3.67. The van der Waals surface area contributed by atoms with Gasteiger partial charge in [0.15, 0.2) is 0 Å². The van der Waals surface area contributed by atoms with Gasteiger partial charge in [-0.3, -0.25) is 8.97 Å². The number of hydrogen-bond donors (Lipinski definition) is 0. The number of aryl methyl sites for hydroxylation is 1. The molecule has 0 amide bonds. The normalized spacial score (nSPS) is 11.3. The molecule has 0 saturated heterocycles. The Morgan fingerprint density at radius 1 is 1.00 bits per heavy atom. The second kappa shape index (κ2) is 5.70. The van der Waals surface area contributed by atoms with Crippen LogP contribution in [0.5, 0.6) is 0 Å². The van der Waals surface area contributed by atoms with Crippen LogP contribution >= 0.6 is 0 Å². The maximum atomic E-state index is 5.49. The maximum Gasteiger partial charge on any atom is 0.143 e. The molecule has 26 heavy (non-hydrogen) atoms. The minimum atomic E-state index is 0.747. The molecule has 0 fully saturated rings. The highest BCUT2D eigenvalue weighted by Gasteiger charge is 2.19. The standard InChI is InChI=1S/C20H15N5O/c1-14-19(20(23-26-14)15-6-3-2-4-7-15)16-12-25-17(22-16)8-5-9-18(25)24-11-10-21-13-24/h2-13H,1H3. The van der Waals surface area contributed by atoms with Crippen LogP contribution in [0, 0.1) is 6.92 Å². The Labute approximate surface area is 149 Å². The van der Waals surface area contributed by atoms with Gasteiger partial charge in [0.25, 0.3) is 0 Å². The molecule has 5 aromatic rings. The highest BCUT2D eigenvalue weighted by molar-refractivity contribution is 5.81. The van der Waals surface area contributed by atoms with E-state index in [1.807, 2.05) is 76.8 Å². The van der Waals surface area contributed by atoms with Gasteiger partial charge >= 0.3 is 0 Å². The molecule has 4 aromatic heterocycles. The fraction of sp³-hybridized carbons (Fsp3) is 0.0500. The van der Waals surface area contributed by atoms with Crippen LogP contribution in [0.3, 0.4) is 0 Å². The van der Waals surface area contributed by atoms with Gasteiger partial charge in [-0.25, -0.2) is 9.97 Å². The Bertz CT molecular complexity index is 1190. The number of imidazole rings is 2. The number of rotatable bonds is 3. The van der Waals surface area contributed by atoms with E-state index in [1.165, 1.54) is 0 Å². The first-order chi connectivity index (χ1) is 12.8. The van der Waals surface area contributed by atoms with Gasteiger partial charge in [-0.1, -0.05) is 41.6 Å². The molecule has 0 saturated carbocycles. The monoisotopic (exact) mass is 341 g/mol. The van der Waals surface area contributed by atoms with E-state index in [1.54, 1.807) is 12.5 Å². The van der Waals surface area contributed by atoms with Crippen LogP contribution in [0.1, 0.15) is 5.76 Å². The van der Waals surface area contributed by atoms with Gasteiger partial charge in [-0.2, -0.15) is 0 Å². The summed E-state index contributed by atoms with van der Waals surface area (Å²) in [5.74, 6) is 1.71. The van der Waals surface area contributed by atoms with Crippen molar-refractivity contribution in [3.05, 3.63) is 79.2 Å². The summed E-state index contributed by atoms with van der Waals surface area (Å²) >= 11 is 0. The molecule has 0 bridgehead atoms. The molecule has 0 atom stereocenters. The average molecular weight is 341 g/mol. The molecule has 0 aliphatic carbocycles. The molecular formula is C20H15N5O. The van der Waals surface area contributed by atoms with Gasteiger partial charge in [0, 0.05) is 24.2 Å². The summed E-state index contributed by atoms with van der Waals surface area (Å²) in [7, 11) is 0. The van der Waals surface area contributed by atoms with Crippen LogP contribution in [-0.4, -0.2) is 24.1 Å². The number of fused-ring (bicyclic) bond motifs is 1. The van der Waals surface area contributed by atoms with Gasteiger partial charge < -0.3 is 4.52 Å².